The lowest BCUT2D eigenvalue weighted by molar-refractivity contribution is -0.868. The van der Waals surface area contributed by atoms with E-state index in [4.69, 9.17) is 4.74 Å². The zero-order chi connectivity index (χ0) is 13.5. The molecule has 1 N–H and O–H groups in total. The second kappa shape index (κ2) is 9.32. The van der Waals surface area contributed by atoms with Crippen LogP contribution in [0.3, 0.4) is 0 Å². The molecule has 0 aliphatic heterocycles. The van der Waals surface area contributed by atoms with Gasteiger partial charge in [0, 0.05) is 6.21 Å². The summed E-state index contributed by atoms with van der Waals surface area (Å²) in [4.78, 5) is 15.6. The average Bonchev–Trinajstić information content (AvgIpc) is 2.15. The number of aliphatic imine (C=N–C) groups is 1. The van der Waals surface area contributed by atoms with Gasteiger partial charge in [-0.2, -0.15) is 0 Å². The van der Waals surface area contributed by atoms with Gasteiger partial charge in [0.25, 0.3) is 0 Å². The number of aliphatic hydroxyl groups is 1. The van der Waals surface area contributed by atoms with Crippen LogP contribution in [-0.2, 0) is 9.53 Å². The first kappa shape index (κ1) is 19.7. The minimum absolute atomic E-state index is 0. The molecule has 0 fully saturated rings. The molecule has 5 nitrogen and oxygen atoms in total. The Labute approximate surface area is 126 Å². The van der Waals surface area contributed by atoms with E-state index in [2.05, 4.69) is 26.1 Å². The molecule has 0 aliphatic rings. The third kappa shape index (κ3) is 9.41. The Kier molecular flexibility index (Phi) is 10.2. The van der Waals surface area contributed by atoms with Crippen molar-refractivity contribution in [3.63, 3.8) is 0 Å². The maximum atomic E-state index is 11.4. The van der Waals surface area contributed by atoms with Gasteiger partial charge in [-0.15, -0.1) is 0 Å². The molecule has 18 heavy (non-hydrogen) atoms. The van der Waals surface area contributed by atoms with Gasteiger partial charge in [0.1, 0.15) is 11.3 Å². The minimum atomic E-state index is -0.540. The van der Waals surface area contributed by atoms with E-state index in [1.54, 1.807) is 6.92 Å². The smallest absolute Gasteiger partial charge is 0.343 e. The lowest BCUT2D eigenvalue weighted by atomic mass is 10.2. The molecule has 6 heteroatoms. The van der Waals surface area contributed by atoms with Crippen molar-refractivity contribution in [2.24, 2.45) is 4.99 Å². The maximum absolute atomic E-state index is 11.4. The first-order chi connectivity index (χ1) is 7.78. The molecule has 0 aromatic rings. The molecule has 0 saturated carbocycles. The number of quaternary nitrogens is 1. The molecule has 0 heterocycles. The fraction of sp³-hybridized carbons (Fsp3) is 0.667. The van der Waals surface area contributed by atoms with Gasteiger partial charge in [-0.05, 0) is 13.8 Å². The van der Waals surface area contributed by atoms with E-state index in [0.717, 1.165) is 11.0 Å². The van der Waals surface area contributed by atoms with Crippen molar-refractivity contribution in [1.82, 2.24) is 0 Å². The van der Waals surface area contributed by atoms with Gasteiger partial charge in [-0.25, -0.2) is 4.79 Å². The van der Waals surface area contributed by atoms with Crippen molar-refractivity contribution >= 4 is 12.2 Å². The lowest BCUT2D eigenvalue weighted by Crippen LogP contribution is -3.00. The molecule has 0 bridgehead atoms. The Morgan fingerprint density at radius 3 is 2.33 bits per heavy atom. The van der Waals surface area contributed by atoms with Crippen LogP contribution in [0.2, 0.25) is 0 Å². The van der Waals surface area contributed by atoms with Crippen LogP contribution >= 0.6 is 0 Å². The Hall–Kier alpha value is -0.630. The van der Waals surface area contributed by atoms with Gasteiger partial charge < -0.3 is 38.3 Å². The predicted molar refractivity (Wildman–Crippen MR) is 68.2 cm³/mol. The Bertz CT molecular complexity index is 316. The summed E-state index contributed by atoms with van der Waals surface area (Å²) in [6, 6.07) is 0. The molecule has 0 amide bonds. The fourth-order valence-electron chi connectivity index (χ4n) is 1.02. The van der Waals surface area contributed by atoms with Crippen LogP contribution in [0.25, 0.3) is 0 Å². The lowest BCUT2D eigenvalue weighted by Gasteiger charge is -2.22. The van der Waals surface area contributed by atoms with Crippen LogP contribution in [0.4, 0.5) is 0 Å². The third-order valence-electron chi connectivity index (χ3n) is 2.01. The SMILES string of the molecule is CCOC(=O)/C(C=NCC[N+](C)(C)C)=C(/C)O.[I-]. The number of likely N-dealkylation sites (N-methyl/N-ethyl adjacent to an activating group) is 1. The van der Waals surface area contributed by atoms with Gasteiger partial charge in [0.15, 0.2) is 0 Å². The Balaban J connectivity index is 0. The number of ether oxygens (including phenoxy) is 1. The summed E-state index contributed by atoms with van der Waals surface area (Å²) in [6.45, 7) is 4.90. The minimum Gasteiger partial charge on any atom is -1.00 e. The molecule has 0 spiro atoms. The number of carbonyl (C=O) groups is 1. The van der Waals surface area contributed by atoms with Gasteiger partial charge in [0.05, 0.1) is 40.8 Å². The standard InChI is InChI=1S/C12H22N2O3.HI/c1-6-17-12(16)11(10(2)15)9-13-7-8-14(3,4)5;/h9H,6-8H2,1-5H3;1H. The number of esters is 1. The summed E-state index contributed by atoms with van der Waals surface area (Å²) in [7, 11) is 6.19. The van der Waals surface area contributed by atoms with E-state index in [1.807, 2.05) is 0 Å². The second-order valence-electron chi connectivity index (χ2n) is 4.77. The van der Waals surface area contributed by atoms with Crippen LogP contribution < -0.4 is 24.0 Å². The van der Waals surface area contributed by atoms with Crippen molar-refractivity contribution in [2.75, 3.05) is 40.8 Å². The monoisotopic (exact) mass is 370 g/mol. The second-order valence-corrected chi connectivity index (χ2v) is 4.77. The first-order valence-corrected chi connectivity index (χ1v) is 5.65. The number of allylic oxidation sites excluding steroid dienone is 1. The highest BCUT2D eigenvalue weighted by Crippen LogP contribution is 2.01. The van der Waals surface area contributed by atoms with E-state index in [1.165, 1.54) is 13.1 Å². The molecule has 0 aromatic carbocycles. The fourth-order valence-corrected chi connectivity index (χ4v) is 1.02. The molecule has 0 saturated heterocycles. The topological polar surface area (TPSA) is 58.9 Å². The summed E-state index contributed by atoms with van der Waals surface area (Å²) in [5.41, 5.74) is 0.119. The van der Waals surface area contributed by atoms with Crippen molar-refractivity contribution in [2.45, 2.75) is 13.8 Å². The number of halogens is 1. The normalized spacial score (nSPS) is 12.9. The van der Waals surface area contributed by atoms with E-state index in [9.17, 15) is 9.90 Å². The van der Waals surface area contributed by atoms with Gasteiger partial charge >= 0.3 is 5.97 Å². The molecule has 0 rings (SSSR count). The van der Waals surface area contributed by atoms with Crippen LogP contribution in [-0.4, -0.2) is 62.6 Å². The van der Waals surface area contributed by atoms with Crippen LogP contribution in [0.15, 0.2) is 16.3 Å². The highest BCUT2D eigenvalue weighted by molar-refractivity contribution is 6.09. The maximum Gasteiger partial charge on any atom is 0.343 e. The summed E-state index contributed by atoms with van der Waals surface area (Å²) in [5, 5.41) is 9.35. The zero-order valence-electron chi connectivity index (χ0n) is 11.7. The van der Waals surface area contributed by atoms with Crippen LogP contribution in [0.5, 0.6) is 0 Å². The highest BCUT2D eigenvalue weighted by atomic mass is 127. The first-order valence-electron chi connectivity index (χ1n) is 5.65. The van der Waals surface area contributed by atoms with Crippen LogP contribution in [0, 0.1) is 0 Å². The summed E-state index contributed by atoms with van der Waals surface area (Å²) in [6.07, 6.45) is 1.38. The number of hydrogen-bond acceptors (Lipinski definition) is 4. The van der Waals surface area contributed by atoms with E-state index >= 15 is 0 Å². The van der Waals surface area contributed by atoms with Crippen LogP contribution in [0.1, 0.15) is 13.8 Å². The van der Waals surface area contributed by atoms with Crippen molar-refractivity contribution < 1.29 is 43.1 Å². The molecular weight excluding hydrogens is 347 g/mol. The number of aliphatic hydroxyl groups excluding tert-OH is 1. The third-order valence-corrected chi connectivity index (χ3v) is 2.01. The highest BCUT2D eigenvalue weighted by Gasteiger charge is 2.12. The van der Waals surface area contributed by atoms with Crippen molar-refractivity contribution in [3.05, 3.63) is 11.3 Å². The molecule has 0 aliphatic carbocycles. The summed E-state index contributed by atoms with van der Waals surface area (Å²) < 4.78 is 5.61. The van der Waals surface area contributed by atoms with Crippen molar-refractivity contribution in [3.8, 4) is 0 Å². The summed E-state index contributed by atoms with van der Waals surface area (Å²) in [5.74, 6) is -0.612. The molecular formula is C12H23IN2O3. The Morgan fingerprint density at radius 1 is 1.39 bits per heavy atom. The molecule has 0 atom stereocenters. The molecule has 0 unspecified atom stereocenters. The predicted octanol–water partition coefficient (Wildman–Crippen LogP) is -1.84. The number of hydrogen-bond donors (Lipinski definition) is 1. The summed E-state index contributed by atoms with van der Waals surface area (Å²) >= 11 is 0. The molecule has 0 aromatic heterocycles. The Morgan fingerprint density at radius 2 is 1.94 bits per heavy atom. The van der Waals surface area contributed by atoms with Gasteiger partial charge in [0.2, 0.25) is 0 Å². The molecule has 0 radical (unpaired) electrons. The van der Waals surface area contributed by atoms with Gasteiger partial charge in [-0.1, -0.05) is 0 Å². The van der Waals surface area contributed by atoms with Crippen molar-refractivity contribution in [1.29, 1.82) is 0 Å². The average molecular weight is 370 g/mol. The zero-order valence-corrected chi connectivity index (χ0v) is 13.9. The van der Waals surface area contributed by atoms with E-state index < -0.39 is 5.97 Å². The number of nitrogens with zero attached hydrogens (tertiary/aromatic N) is 2. The number of carbonyl (C=O) groups excluding carboxylic acids is 1. The van der Waals surface area contributed by atoms with E-state index in [0.29, 0.717) is 6.54 Å². The quantitative estimate of drug-likeness (QED) is 0.149. The molecule has 106 valence electrons. The number of rotatable bonds is 6. The largest absolute Gasteiger partial charge is 1.00 e. The van der Waals surface area contributed by atoms with Gasteiger partial charge in [-0.3, -0.25) is 4.99 Å². The van der Waals surface area contributed by atoms with E-state index in [-0.39, 0.29) is 41.9 Å².